The van der Waals surface area contributed by atoms with Gasteiger partial charge >= 0.3 is 0 Å². The number of methoxy groups -OCH3 is 1. The van der Waals surface area contributed by atoms with Crippen LogP contribution in [-0.4, -0.2) is 40.6 Å². The normalized spacial score (nSPS) is 16.3. The number of carbonyl (C=O) groups excluding carboxylic acids is 2. The number of benzene rings is 2. The molecular weight excluding hydrogens is 390 g/mol. The van der Waals surface area contributed by atoms with Crippen molar-refractivity contribution in [1.82, 2.24) is 10.3 Å². The Morgan fingerprint density at radius 1 is 1.28 bits per heavy atom. The molecule has 1 saturated heterocycles. The standard InChI is InChI=1S/C21H19N3O4S/c1-3-12-24-20(27)18(13-14-8-10-15(28-2)11-9-14)29-21(24)23-22-19(26)16-6-4-5-7-17(16)25/h3-11,13,25H,1,12H2,2H3,(H,22,26). The van der Waals surface area contributed by atoms with Crippen LogP contribution in [0.3, 0.4) is 0 Å². The summed E-state index contributed by atoms with van der Waals surface area (Å²) >= 11 is 1.14. The lowest BCUT2D eigenvalue weighted by Gasteiger charge is -2.12. The highest BCUT2D eigenvalue weighted by molar-refractivity contribution is 8.18. The van der Waals surface area contributed by atoms with Gasteiger partial charge in [-0.15, -0.1) is 11.7 Å². The van der Waals surface area contributed by atoms with E-state index in [2.05, 4.69) is 17.1 Å². The number of nitrogens with zero attached hydrogens (tertiary/aromatic N) is 2. The van der Waals surface area contributed by atoms with Crippen molar-refractivity contribution in [3.8, 4) is 11.5 Å². The number of hydrogen-bond donors (Lipinski definition) is 2. The Balaban J connectivity index is 1.82. The number of rotatable bonds is 6. The first-order valence-electron chi connectivity index (χ1n) is 8.66. The Labute approximate surface area is 172 Å². The van der Waals surface area contributed by atoms with E-state index in [1.54, 1.807) is 43.5 Å². The van der Waals surface area contributed by atoms with Crippen LogP contribution in [0.15, 0.2) is 71.2 Å². The number of aromatic hydroxyl groups is 1. The Morgan fingerprint density at radius 2 is 2.00 bits per heavy atom. The minimum Gasteiger partial charge on any atom is -0.507 e. The molecule has 2 amide bonds. The number of para-hydroxylation sites is 1. The van der Waals surface area contributed by atoms with Gasteiger partial charge in [-0.05, 0) is 47.7 Å². The van der Waals surface area contributed by atoms with Crippen LogP contribution < -0.4 is 10.2 Å². The second-order valence-corrected chi connectivity index (χ2v) is 6.95. The number of phenolic OH excluding ortho intramolecular Hbond substituents is 1. The number of amides is 2. The fraction of sp³-hybridized carbons (Fsp3) is 0.0952. The average molecular weight is 409 g/mol. The van der Waals surface area contributed by atoms with E-state index in [4.69, 9.17) is 4.74 Å². The minimum atomic E-state index is -0.574. The van der Waals surface area contributed by atoms with E-state index in [0.717, 1.165) is 23.1 Å². The van der Waals surface area contributed by atoms with Crippen LogP contribution >= 0.6 is 11.8 Å². The summed E-state index contributed by atoms with van der Waals surface area (Å²) in [7, 11) is 1.59. The van der Waals surface area contributed by atoms with Gasteiger partial charge in [0.15, 0.2) is 5.17 Å². The molecule has 1 aliphatic rings. The number of ether oxygens (including phenoxy) is 1. The third-order valence-electron chi connectivity index (χ3n) is 4.02. The Morgan fingerprint density at radius 3 is 2.66 bits per heavy atom. The highest BCUT2D eigenvalue weighted by Crippen LogP contribution is 2.32. The number of nitrogens with one attached hydrogen (secondary N) is 1. The largest absolute Gasteiger partial charge is 0.507 e. The maximum absolute atomic E-state index is 12.7. The third-order valence-corrected chi connectivity index (χ3v) is 5.02. The molecule has 0 spiro atoms. The molecular formula is C21H19N3O4S. The van der Waals surface area contributed by atoms with Crippen LogP contribution in [0.4, 0.5) is 0 Å². The lowest BCUT2D eigenvalue weighted by atomic mass is 10.2. The van der Waals surface area contributed by atoms with Gasteiger partial charge in [-0.3, -0.25) is 14.5 Å². The van der Waals surface area contributed by atoms with E-state index in [1.807, 2.05) is 12.1 Å². The summed E-state index contributed by atoms with van der Waals surface area (Å²) in [6.07, 6.45) is 3.32. The average Bonchev–Trinajstić information content (AvgIpc) is 3.02. The zero-order valence-corrected chi connectivity index (χ0v) is 16.5. The minimum absolute atomic E-state index is 0.0930. The van der Waals surface area contributed by atoms with Gasteiger partial charge in [-0.1, -0.05) is 30.3 Å². The van der Waals surface area contributed by atoms with Gasteiger partial charge in [-0.2, -0.15) is 0 Å². The first-order chi connectivity index (χ1) is 14.0. The molecule has 3 rings (SSSR count). The van der Waals surface area contributed by atoms with Gasteiger partial charge in [-0.25, -0.2) is 5.43 Å². The van der Waals surface area contributed by atoms with Crippen molar-refractivity contribution in [2.24, 2.45) is 5.10 Å². The summed E-state index contributed by atoms with van der Waals surface area (Å²) < 4.78 is 5.14. The Kier molecular flexibility index (Phi) is 6.36. The van der Waals surface area contributed by atoms with Crippen molar-refractivity contribution in [2.45, 2.75) is 0 Å². The maximum atomic E-state index is 12.7. The molecule has 8 heteroatoms. The van der Waals surface area contributed by atoms with E-state index in [-0.39, 0.29) is 23.8 Å². The maximum Gasteiger partial charge on any atom is 0.275 e. The zero-order chi connectivity index (χ0) is 20.8. The fourth-order valence-corrected chi connectivity index (χ4v) is 3.51. The molecule has 0 aromatic heterocycles. The van der Waals surface area contributed by atoms with Gasteiger partial charge in [0.05, 0.1) is 17.6 Å². The summed E-state index contributed by atoms with van der Waals surface area (Å²) in [6, 6.07) is 13.4. The Bertz CT molecular complexity index is 999. The van der Waals surface area contributed by atoms with E-state index >= 15 is 0 Å². The van der Waals surface area contributed by atoms with Crippen molar-refractivity contribution in [1.29, 1.82) is 0 Å². The van der Waals surface area contributed by atoms with Crippen molar-refractivity contribution < 1.29 is 19.4 Å². The highest BCUT2D eigenvalue weighted by Gasteiger charge is 2.33. The number of thioether (sulfide) groups is 1. The van der Waals surface area contributed by atoms with Crippen LogP contribution in [0, 0.1) is 0 Å². The van der Waals surface area contributed by atoms with Crippen LogP contribution in [-0.2, 0) is 4.79 Å². The summed E-state index contributed by atoms with van der Waals surface area (Å²) in [5.74, 6) is -0.237. The molecule has 2 aromatic rings. The van der Waals surface area contributed by atoms with Crippen molar-refractivity contribution >= 4 is 34.8 Å². The topological polar surface area (TPSA) is 91.2 Å². The summed E-state index contributed by atoms with van der Waals surface area (Å²) in [6.45, 7) is 3.91. The monoisotopic (exact) mass is 409 g/mol. The van der Waals surface area contributed by atoms with Gasteiger partial charge < -0.3 is 9.84 Å². The summed E-state index contributed by atoms with van der Waals surface area (Å²) in [5, 5.41) is 14.2. The van der Waals surface area contributed by atoms with E-state index in [9.17, 15) is 14.7 Å². The van der Waals surface area contributed by atoms with Gasteiger partial charge in [0, 0.05) is 6.54 Å². The molecule has 0 bridgehead atoms. The zero-order valence-electron chi connectivity index (χ0n) is 15.7. The molecule has 0 radical (unpaired) electrons. The van der Waals surface area contributed by atoms with Crippen molar-refractivity contribution in [2.75, 3.05) is 13.7 Å². The molecule has 0 saturated carbocycles. The molecule has 7 nitrogen and oxygen atoms in total. The lowest BCUT2D eigenvalue weighted by molar-refractivity contribution is -0.121. The molecule has 1 aliphatic heterocycles. The molecule has 0 atom stereocenters. The molecule has 2 aromatic carbocycles. The van der Waals surface area contributed by atoms with E-state index in [0.29, 0.717) is 10.1 Å². The fourth-order valence-electron chi connectivity index (χ4n) is 2.56. The smallest absolute Gasteiger partial charge is 0.275 e. The summed E-state index contributed by atoms with van der Waals surface area (Å²) in [4.78, 5) is 26.9. The van der Waals surface area contributed by atoms with Gasteiger partial charge in [0.1, 0.15) is 11.5 Å². The molecule has 29 heavy (non-hydrogen) atoms. The first-order valence-corrected chi connectivity index (χ1v) is 9.47. The van der Waals surface area contributed by atoms with Gasteiger partial charge in [0.2, 0.25) is 0 Å². The first kappa shape index (κ1) is 20.2. The van der Waals surface area contributed by atoms with E-state index in [1.165, 1.54) is 17.0 Å². The number of phenols is 1. The second kappa shape index (κ2) is 9.11. The Hall–Kier alpha value is -3.52. The molecule has 148 valence electrons. The predicted octanol–water partition coefficient (Wildman–Crippen LogP) is 3.20. The van der Waals surface area contributed by atoms with Crippen LogP contribution in [0.25, 0.3) is 6.08 Å². The molecule has 1 fully saturated rings. The number of amidine groups is 1. The quantitative estimate of drug-likeness (QED) is 0.434. The molecule has 0 aliphatic carbocycles. The molecule has 0 unspecified atom stereocenters. The van der Waals surface area contributed by atoms with Crippen LogP contribution in [0.5, 0.6) is 11.5 Å². The SMILES string of the molecule is C=CCN1C(=O)C(=Cc2ccc(OC)cc2)SC1=NNC(=O)c1ccccc1O. The number of hydrogen-bond acceptors (Lipinski definition) is 6. The van der Waals surface area contributed by atoms with Crippen LogP contribution in [0.1, 0.15) is 15.9 Å². The third kappa shape index (κ3) is 4.67. The van der Waals surface area contributed by atoms with Crippen LogP contribution in [0.2, 0.25) is 0 Å². The molecule has 1 heterocycles. The van der Waals surface area contributed by atoms with Gasteiger partial charge in [0.25, 0.3) is 11.8 Å². The highest BCUT2D eigenvalue weighted by atomic mass is 32.2. The predicted molar refractivity (Wildman–Crippen MR) is 113 cm³/mol. The van der Waals surface area contributed by atoms with Crippen molar-refractivity contribution in [3.63, 3.8) is 0 Å². The van der Waals surface area contributed by atoms with E-state index < -0.39 is 5.91 Å². The lowest BCUT2D eigenvalue weighted by Crippen LogP contribution is -2.31. The number of hydrazone groups is 1. The summed E-state index contributed by atoms with van der Waals surface area (Å²) in [5.41, 5.74) is 3.31. The number of carbonyl (C=O) groups is 2. The second-order valence-electron chi connectivity index (χ2n) is 5.94. The van der Waals surface area contributed by atoms with Crippen molar-refractivity contribution in [3.05, 3.63) is 77.2 Å². The molecule has 2 N–H and O–H groups in total.